The van der Waals surface area contributed by atoms with E-state index >= 15 is 0 Å². The van der Waals surface area contributed by atoms with Crippen LogP contribution in [0.25, 0.3) is 11.3 Å². The van der Waals surface area contributed by atoms with E-state index in [1.807, 2.05) is 12.1 Å². The summed E-state index contributed by atoms with van der Waals surface area (Å²) in [4.78, 5) is 11.4. The van der Waals surface area contributed by atoms with Gasteiger partial charge in [-0.15, -0.1) is 0 Å². The number of benzene rings is 2. The lowest BCUT2D eigenvalue weighted by Gasteiger charge is -2.03. The number of rotatable bonds is 4. The molecule has 0 spiro atoms. The summed E-state index contributed by atoms with van der Waals surface area (Å²) in [5.74, 6) is -0.233. The minimum Gasteiger partial charge on any atom is -0.366 e. The summed E-state index contributed by atoms with van der Waals surface area (Å²) in [6.07, 6.45) is 0.434. The van der Waals surface area contributed by atoms with Crippen molar-refractivity contribution in [3.05, 3.63) is 77.2 Å². The maximum absolute atomic E-state index is 12.9. The van der Waals surface area contributed by atoms with Crippen LogP contribution in [0, 0.1) is 5.82 Å². The molecule has 0 bridgehead atoms. The fraction of sp³-hybridized carbons (Fsp3) is 0.0588. The summed E-state index contributed by atoms with van der Waals surface area (Å²) < 4.78 is 18.2. The van der Waals surface area contributed by atoms with Crippen LogP contribution in [-0.2, 0) is 6.42 Å². The quantitative estimate of drug-likeness (QED) is 0.804. The van der Waals surface area contributed by atoms with Gasteiger partial charge in [-0.2, -0.15) is 0 Å². The topological polar surface area (TPSA) is 69.1 Å². The van der Waals surface area contributed by atoms with E-state index in [1.54, 1.807) is 30.3 Å². The van der Waals surface area contributed by atoms with Crippen molar-refractivity contribution in [2.75, 3.05) is 0 Å². The van der Waals surface area contributed by atoms with Gasteiger partial charge in [-0.05, 0) is 35.9 Å². The van der Waals surface area contributed by atoms with E-state index in [0.29, 0.717) is 23.4 Å². The molecule has 0 radical (unpaired) electrons. The monoisotopic (exact) mass is 296 g/mol. The maximum Gasteiger partial charge on any atom is 0.248 e. The van der Waals surface area contributed by atoms with Crippen LogP contribution < -0.4 is 5.73 Å². The first-order valence-corrected chi connectivity index (χ1v) is 6.73. The number of carbonyl (C=O) groups excluding carboxylic acids is 1. The molecule has 110 valence electrons. The Morgan fingerprint density at radius 1 is 1.14 bits per heavy atom. The van der Waals surface area contributed by atoms with Crippen LogP contribution in [0.4, 0.5) is 4.39 Å². The molecule has 1 aromatic heterocycles. The Hall–Kier alpha value is -2.95. The molecule has 5 heteroatoms. The molecule has 0 atom stereocenters. The van der Waals surface area contributed by atoms with Crippen molar-refractivity contribution in [2.45, 2.75) is 6.42 Å². The van der Waals surface area contributed by atoms with Crippen LogP contribution in [0.3, 0.4) is 0 Å². The van der Waals surface area contributed by atoms with Gasteiger partial charge in [0.05, 0.1) is 5.69 Å². The zero-order chi connectivity index (χ0) is 15.5. The van der Waals surface area contributed by atoms with Crippen LogP contribution in [0.15, 0.2) is 59.1 Å². The number of aromatic nitrogens is 1. The highest BCUT2D eigenvalue weighted by atomic mass is 19.1. The Balaban J connectivity index is 1.86. The number of hydrogen-bond donors (Lipinski definition) is 1. The number of hydrogen-bond acceptors (Lipinski definition) is 3. The first-order valence-electron chi connectivity index (χ1n) is 6.73. The number of halogens is 1. The highest BCUT2D eigenvalue weighted by Crippen LogP contribution is 2.22. The van der Waals surface area contributed by atoms with Crippen molar-refractivity contribution in [3.63, 3.8) is 0 Å². The van der Waals surface area contributed by atoms with Crippen LogP contribution in [0.1, 0.15) is 21.6 Å². The Morgan fingerprint density at radius 3 is 2.59 bits per heavy atom. The largest absolute Gasteiger partial charge is 0.366 e. The number of nitrogens with zero attached hydrogens (tertiary/aromatic N) is 1. The summed E-state index contributed by atoms with van der Waals surface area (Å²) >= 11 is 0. The van der Waals surface area contributed by atoms with Gasteiger partial charge in [-0.3, -0.25) is 4.79 Å². The molecule has 0 aliphatic heterocycles. The third-order valence-electron chi connectivity index (χ3n) is 3.34. The van der Waals surface area contributed by atoms with Crippen molar-refractivity contribution < 1.29 is 13.7 Å². The van der Waals surface area contributed by atoms with E-state index in [-0.39, 0.29) is 5.82 Å². The van der Waals surface area contributed by atoms with E-state index in [0.717, 1.165) is 11.1 Å². The molecule has 2 N–H and O–H groups in total. The second-order valence-electron chi connectivity index (χ2n) is 4.89. The molecule has 0 saturated heterocycles. The molecule has 0 saturated carbocycles. The lowest BCUT2D eigenvalue weighted by molar-refractivity contribution is 0.0999. The molecule has 0 fully saturated rings. The van der Waals surface area contributed by atoms with Crippen LogP contribution in [-0.4, -0.2) is 11.1 Å². The maximum atomic E-state index is 12.9. The predicted molar refractivity (Wildman–Crippen MR) is 79.7 cm³/mol. The Labute approximate surface area is 126 Å². The fourth-order valence-corrected chi connectivity index (χ4v) is 2.26. The van der Waals surface area contributed by atoms with E-state index in [1.165, 1.54) is 12.1 Å². The number of nitrogens with two attached hydrogens (primary N) is 1. The van der Waals surface area contributed by atoms with Crippen LogP contribution in [0.5, 0.6) is 0 Å². The molecule has 22 heavy (non-hydrogen) atoms. The predicted octanol–water partition coefficient (Wildman–Crippen LogP) is 3.17. The number of primary amides is 1. The summed E-state index contributed by atoms with van der Waals surface area (Å²) in [6.45, 7) is 0. The third-order valence-corrected chi connectivity index (χ3v) is 3.34. The van der Waals surface area contributed by atoms with Crippen molar-refractivity contribution in [1.29, 1.82) is 0 Å². The highest BCUT2D eigenvalue weighted by molar-refractivity contribution is 5.94. The van der Waals surface area contributed by atoms with Gasteiger partial charge in [0.1, 0.15) is 5.82 Å². The van der Waals surface area contributed by atoms with E-state index < -0.39 is 5.91 Å². The molecule has 0 aliphatic rings. The van der Waals surface area contributed by atoms with Gasteiger partial charge in [0.15, 0.2) is 5.76 Å². The Kier molecular flexibility index (Phi) is 3.70. The van der Waals surface area contributed by atoms with Crippen molar-refractivity contribution in [2.24, 2.45) is 5.73 Å². The van der Waals surface area contributed by atoms with Gasteiger partial charge in [0.2, 0.25) is 5.91 Å². The first-order chi connectivity index (χ1) is 10.6. The van der Waals surface area contributed by atoms with Crippen molar-refractivity contribution in [3.8, 4) is 11.3 Å². The summed E-state index contributed by atoms with van der Waals surface area (Å²) in [6, 6.07) is 14.8. The first kappa shape index (κ1) is 14.0. The standard InChI is InChI=1S/C17H13FN2O2/c18-13-7-5-11(6-8-13)16-10-14(20-22-16)9-12-3-1-2-4-15(12)17(19)21/h1-8,10H,9H2,(H2,19,21). The van der Waals surface area contributed by atoms with Gasteiger partial charge in [-0.25, -0.2) is 4.39 Å². The van der Waals surface area contributed by atoms with Crippen LogP contribution in [0.2, 0.25) is 0 Å². The number of carbonyl (C=O) groups is 1. The van der Waals surface area contributed by atoms with E-state index in [2.05, 4.69) is 5.16 Å². The van der Waals surface area contributed by atoms with E-state index in [4.69, 9.17) is 10.3 Å². The lowest BCUT2D eigenvalue weighted by atomic mass is 10.0. The smallest absolute Gasteiger partial charge is 0.248 e. The zero-order valence-corrected chi connectivity index (χ0v) is 11.6. The van der Waals surface area contributed by atoms with Crippen LogP contribution >= 0.6 is 0 Å². The molecular weight excluding hydrogens is 283 g/mol. The molecule has 3 rings (SSSR count). The second kappa shape index (κ2) is 5.81. The fourth-order valence-electron chi connectivity index (χ4n) is 2.26. The van der Waals surface area contributed by atoms with Gasteiger partial charge < -0.3 is 10.3 Å². The SMILES string of the molecule is NC(=O)c1ccccc1Cc1cc(-c2ccc(F)cc2)on1. The molecule has 1 amide bonds. The average molecular weight is 296 g/mol. The van der Waals surface area contributed by atoms with Crippen molar-refractivity contribution in [1.82, 2.24) is 5.16 Å². The third kappa shape index (κ3) is 2.88. The molecule has 0 aliphatic carbocycles. The zero-order valence-electron chi connectivity index (χ0n) is 11.6. The molecule has 2 aromatic carbocycles. The van der Waals surface area contributed by atoms with Gasteiger partial charge in [0, 0.05) is 23.6 Å². The molecular formula is C17H13FN2O2. The summed E-state index contributed by atoms with van der Waals surface area (Å²) in [5, 5.41) is 3.99. The lowest BCUT2D eigenvalue weighted by Crippen LogP contribution is -2.13. The average Bonchev–Trinajstić information content (AvgIpc) is 2.97. The van der Waals surface area contributed by atoms with Crippen molar-refractivity contribution >= 4 is 5.91 Å². The summed E-state index contributed by atoms with van der Waals surface area (Å²) in [5.41, 5.74) is 8.03. The molecule has 4 nitrogen and oxygen atoms in total. The Morgan fingerprint density at radius 2 is 1.86 bits per heavy atom. The van der Waals surface area contributed by atoms with Gasteiger partial charge in [0.25, 0.3) is 0 Å². The minimum atomic E-state index is -0.474. The van der Waals surface area contributed by atoms with Gasteiger partial charge in [-0.1, -0.05) is 23.4 Å². The number of amides is 1. The molecule has 3 aromatic rings. The second-order valence-corrected chi connectivity index (χ2v) is 4.89. The molecule has 1 heterocycles. The van der Waals surface area contributed by atoms with E-state index in [9.17, 15) is 9.18 Å². The highest BCUT2D eigenvalue weighted by Gasteiger charge is 2.12. The minimum absolute atomic E-state index is 0.307. The summed E-state index contributed by atoms with van der Waals surface area (Å²) in [7, 11) is 0. The van der Waals surface area contributed by atoms with Gasteiger partial charge >= 0.3 is 0 Å². The normalized spacial score (nSPS) is 10.6. The molecule has 0 unspecified atom stereocenters. The Bertz CT molecular complexity index is 810.